The summed E-state index contributed by atoms with van der Waals surface area (Å²) in [5.74, 6) is 1.01. The summed E-state index contributed by atoms with van der Waals surface area (Å²) < 4.78 is 10.6. The fourth-order valence-electron chi connectivity index (χ4n) is 1.73. The van der Waals surface area contributed by atoms with E-state index in [0.717, 1.165) is 12.2 Å². The molecule has 0 aromatic heterocycles. The normalized spacial score (nSPS) is 18.9. The van der Waals surface area contributed by atoms with Crippen LogP contribution >= 0.6 is 0 Å². The molecule has 1 aromatic carbocycles. The van der Waals surface area contributed by atoms with Crippen molar-refractivity contribution in [2.24, 2.45) is 5.92 Å². The van der Waals surface area contributed by atoms with Gasteiger partial charge in [0.2, 0.25) is 0 Å². The first-order valence-electron chi connectivity index (χ1n) is 5.10. The second-order valence-corrected chi connectivity index (χ2v) is 3.79. The molecule has 0 fully saturated rings. The van der Waals surface area contributed by atoms with E-state index in [1.165, 1.54) is 12.5 Å². The predicted molar refractivity (Wildman–Crippen MR) is 55.8 cm³/mol. The molecule has 0 saturated heterocycles. The Morgan fingerprint density at radius 1 is 1.53 bits per heavy atom. The van der Waals surface area contributed by atoms with Crippen molar-refractivity contribution in [3.63, 3.8) is 0 Å². The van der Waals surface area contributed by atoms with Crippen LogP contribution in [0.4, 0.5) is 0 Å². The number of esters is 1. The van der Waals surface area contributed by atoms with E-state index in [4.69, 9.17) is 9.47 Å². The topological polar surface area (TPSA) is 35.5 Å². The maximum Gasteiger partial charge on any atom is 0.302 e. The van der Waals surface area contributed by atoms with Crippen molar-refractivity contribution in [1.29, 1.82) is 0 Å². The van der Waals surface area contributed by atoms with E-state index in [0.29, 0.717) is 13.2 Å². The molecule has 0 bridgehead atoms. The van der Waals surface area contributed by atoms with Crippen LogP contribution in [0, 0.1) is 5.92 Å². The van der Waals surface area contributed by atoms with Crippen molar-refractivity contribution in [1.82, 2.24) is 0 Å². The number of hydrogen-bond acceptors (Lipinski definition) is 3. The number of hydrogen-bond donors (Lipinski definition) is 0. The molecule has 1 aliphatic heterocycles. The number of carbonyl (C=O) groups is 1. The lowest BCUT2D eigenvalue weighted by molar-refractivity contribution is -0.142. The molecule has 1 heterocycles. The first kappa shape index (κ1) is 10.0. The zero-order valence-corrected chi connectivity index (χ0v) is 8.73. The third-order valence-electron chi connectivity index (χ3n) is 2.48. The van der Waals surface area contributed by atoms with Gasteiger partial charge < -0.3 is 9.47 Å². The van der Waals surface area contributed by atoms with Crippen molar-refractivity contribution < 1.29 is 14.3 Å². The van der Waals surface area contributed by atoms with Crippen LogP contribution in [0.15, 0.2) is 24.3 Å². The Kier molecular flexibility index (Phi) is 2.90. The summed E-state index contributed by atoms with van der Waals surface area (Å²) in [5, 5.41) is 0. The average Bonchev–Trinajstić information content (AvgIpc) is 2.26. The summed E-state index contributed by atoms with van der Waals surface area (Å²) in [5.41, 5.74) is 1.20. The minimum atomic E-state index is -0.228. The lowest BCUT2D eigenvalue weighted by Gasteiger charge is -2.24. The van der Waals surface area contributed by atoms with Crippen LogP contribution in [-0.4, -0.2) is 19.2 Å². The number of benzene rings is 1. The van der Waals surface area contributed by atoms with Gasteiger partial charge in [-0.15, -0.1) is 0 Å². The quantitative estimate of drug-likeness (QED) is 0.692. The van der Waals surface area contributed by atoms with Gasteiger partial charge in [0, 0.05) is 12.8 Å². The SMILES string of the molecule is CC(=O)OC[C@H]1COc2ccccc2C1. The number of ether oxygens (including phenoxy) is 2. The predicted octanol–water partition coefficient (Wildman–Crippen LogP) is 1.80. The standard InChI is InChI=1S/C12H14O3/c1-9(13)14-7-10-6-11-4-2-3-5-12(11)15-8-10/h2-5,10H,6-8H2,1H3/t10-/m0/s1. The van der Waals surface area contributed by atoms with Crippen LogP contribution in [0.25, 0.3) is 0 Å². The minimum absolute atomic E-state index is 0.228. The highest BCUT2D eigenvalue weighted by Gasteiger charge is 2.20. The summed E-state index contributed by atoms with van der Waals surface area (Å²) in [7, 11) is 0. The van der Waals surface area contributed by atoms with Crippen LogP contribution in [-0.2, 0) is 16.0 Å². The molecule has 0 saturated carbocycles. The maximum absolute atomic E-state index is 10.7. The maximum atomic E-state index is 10.7. The van der Waals surface area contributed by atoms with Gasteiger partial charge in [-0.3, -0.25) is 4.79 Å². The van der Waals surface area contributed by atoms with E-state index >= 15 is 0 Å². The molecule has 1 aromatic rings. The third-order valence-corrected chi connectivity index (χ3v) is 2.48. The molecule has 0 unspecified atom stereocenters. The Morgan fingerprint density at radius 2 is 2.33 bits per heavy atom. The van der Waals surface area contributed by atoms with Crippen LogP contribution in [0.1, 0.15) is 12.5 Å². The van der Waals surface area contributed by atoms with Gasteiger partial charge in [0.1, 0.15) is 5.75 Å². The van der Waals surface area contributed by atoms with Crippen molar-refractivity contribution in [2.45, 2.75) is 13.3 Å². The Hall–Kier alpha value is -1.51. The minimum Gasteiger partial charge on any atom is -0.493 e. The Labute approximate surface area is 89.0 Å². The molecule has 0 radical (unpaired) electrons. The summed E-state index contributed by atoms with van der Waals surface area (Å²) in [6.07, 6.45) is 0.920. The zero-order valence-electron chi connectivity index (χ0n) is 8.73. The van der Waals surface area contributed by atoms with E-state index in [1.54, 1.807) is 0 Å². The van der Waals surface area contributed by atoms with E-state index in [-0.39, 0.29) is 11.9 Å². The second-order valence-electron chi connectivity index (χ2n) is 3.79. The van der Waals surface area contributed by atoms with Crippen molar-refractivity contribution >= 4 is 5.97 Å². The molecule has 2 rings (SSSR count). The first-order chi connectivity index (χ1) is 7.25. The molecule has 80 valence electrons. The van der Waals surface area contributed by atoms with E-state index in [1.807, 2.05) is 18.2 Å². The second kappa shape index (κ2) is 4.34. The van der Waals surface area contributed by atoms with Gasteiger partial charge in [-0.2, -0.15) is 0 Å². The lowest BCUT2D eigenvalue weighted by Crippen LogP contribution is -2.25. The van der Waals surface area contributed by atoms with Gasteiger partial charge in [-0.05, 0) is 18.1 Å². The lowest BCUT2D eigenvalue weighted by atomic mass is 9.97. The molecule has 15 heavy (non-hydrogen) atoms. The molecule has 0 N–H and O–H groups in total. The monoisotopic (exact) mass is 206 g/mol. The van der Waals surface area contributed by atoms with Crippen molar-refractivity contribution in [3.8, 4) is 5.75 Å². The molecule has 3 nitrogen and oxygen atoms in total. The smallest absolute Gasteiger partial charge is 0.302 e. The summed E-state index contributed by atoms with van der Waals surface area (Å²) in [6, 6.07) is 7.98. The molecular formula is C12H14O3. The highest BCUT2D eigenvalue weighted by atomic mass is 16.5. The Morgan fingerprint density at radius 3 is 3.13 bits per heavy atom. The third kappa shape index (κ3) is 2.49. The number of para-hydroxylation sites is 1. The summed E-state index contributed by atoms with van der Waals surface area (Å²) in [6.45, 7) is 2.51. The highest BCUT2D eigenvalue weighted by Crippen LogP contribution is 2.26. The van der Waals surface area contributed by atoms with Gasteiger partial charge in [0.25, 0.3) is 0 Å². The fourth-order valence-corrected chi connectivity index (χ4v) is 1.73. The highest BCUT2D eigenvalue weighted by molar-refractivity contribution is 5.65. The molecule has 1 aliphatic rings. The van der Waals surface area contributed by atoms with E-state index in [2.05, 4.69) is 6.07 Å². The number of carbonyl (C=O) groups excluding carboxylic acids is 1. The molecule has 3 heteroatoms. The van der Waals surface area contributed by atoms with Crippen molar-refractivity contribution in [3.05, 3.63) is 29.8 Å². The van der Waals surface area contributed by atoms with Gasteiger partial charge in [-0.25, -0.2) is 0 Å². The van der Waals surface area contributed by atoms with Crippen LogP contribution in [0.3, 0.4) is 0 Å². The largest absolute Gasteiger partial charge is 0.493 e. The van der Waals surface area contributed by atoms with Crippen molar-refractivity contribution in [2.75, 3.05) is 13.2 Å². The molecule has 0 spiro atoms. The average molecular weight is 206 g/mol. The number of rotatable bonds is 2. The zero-order chi connectivity index (χ0) is 10.7. The van der Waals surface area contributed by atoms with E-state index < -0.39 is 0 Å². The summed E-state index contributed by atoms with van der Waals surface area (Å²) in [4.78, 5) is 10.7. The summed E-state index contributed by atoms with van der Waals surface area (Å²) >= 11 is 0. The fraction of sp³-hybridized carbons (Fsp3) is 0.417. The van der Waals surface area contributed by atoms with Gasteiger partial charge >= 0.3 is 5.97 Å². The van der Waals surface area contributed by atoms with Crippen LogP contribution in [0.2, 0.25) is 0 Å². The van der Waals surface area contributed by atoms with E-state index in [9.17, 15) is 4.79 Å². The Balaban J connectivity index is 1.96. The Bertz CT molecular complexity index is 360. The number of fused-ring (bicyclic) bond motifs is 1. The van der Waals surface area contributed by atoms with Gasteiger partial charge in [-0.1, -0.05) is 18.2 Å². The van der Waals surface area contributed by atoms with Gasteiger partial charge in [0.15, 0.2) is 0 Å². The van der Waals surface area contributed by atoms with Crippen LogP contribution in [0.5, 0.6) is 5.75 Å². The first-order valence-corrected chi connectivity index (χ1v) is 5.10. The molecule has 0 aliphatic carbocycles. The molecular weight excluding hydrogens is 192 g/mol. The van der Waals surface area contributed by atoms with Crippen LogP contribution < -0.4 is 4.74 Å². The molecule has 0 amide bonds. The van der Waals surface area contributed by atoms with Gasteiger partial charge in [0.05, 0.1) is 13.2 Å². The molecule has 1 atom stereocenters.